The van der Waals surface area contributed by atoms with Crippen molar-refractivity contribution >= 4 is 16.8 Å². The fourth-order valence-electron chi connectivity index (χ4n) is 1.98. The molecule has 0 N–H and O–H groups in total. The average molecular weight is 308 g/mol. The van der Waals surface area contributed by atoms with Crippen LogP contribution >= 0.6 is 0 Å². The van der Waals surface area contributed by atoms with Crippen LogP contribution in [-0.4, -0.2) is 9.91 Å². The highest BCUT2D eigenvalue weighted by molar-refractivity contribution is 5.77. The third kappa shape index (κ3) is 2.50. The number of hydrogen-bond donors (Lipinski definition) is 0. The van der Waals surface area contributed by atoms with E-state index in [2.05, 4.69) is 4.98 Å². The van der Waals surface area contributed by atoms with Gasteiger partial charge in [-0.25, -0.2) is 4.98 Å². The van der Waals surface area contributed by atoms with Crippen molar-refractivity contribution in [2.75, 3.05) is 0 Å². The van der Waals surface area contributed by atoms with E-state index in [1.807, 2.05) is 0 Å². The van der Waals surface area contributed by atoms with Crippen LogP contribution in [0.5, 0.6) is 0 Å². The first-order chi connectivity index (χ1) is 10.3. The topological polar surface area (TPSA) is 69.2 Å². The lowest BCUT2D eigenvalue weighted by molar-refractivity contribution is -0.384. The molecule has 8 heteroatoms. The van der Waals surface area contributed by atoms with Gasteiger partial charge in [0.2, 0.25) is 5.89 Å². The highest BCUT2D eigenvalue weighted by Gasteiger charge is 2.31. The van der Waals surface area contributed by atoms with Crippen LogP contribution in [0.4, 0.5) is 18.9 Å². The fraction of sp³-hybridized carbons (Fsp3) is 0.0714. The zero-order valence-electron chi connectivity index (χ0n) is 10.8. The maximum absolute atomic E-state index is 12.7. The van der Waals surface area contributed by atoms with Gasteiger partial charge in [-0.1, -0.05) is 6.07 Å². The average Bonchev–Trinajstić information content (AvgIpc) is 2.89. The number of nitrogens with zero attached hydrogens (tertiary/aromatic N) is 2. The number of halogens is 3. The molecule has 22 heavy (non-hydrogen) atoms. The number of nitro benzene ring substituents is 1. The quantitative estimate of drug-likeness (QED) is 0.519. The van der Waals surface area contributed by atoms with Crippen molar-refractivity contribution in [3.05, 3.63) is 58.1 Å². The van der Waals surface area contributed by atoms with Gasteiger partial charge >= 0.3 is 6.18 Å². The van der Waals surface area contributed by atoms with Crippen molar-refractivity contribution in [2.24, 2.45) is 0 Å². The van der Waals surface area contributed by atoms with Gasteiger partial charge in [-0.15, -0.1) is 0 Å². The smallest absolute Gasteiger partial charge is 0.416 e. The van der Waals surface area contributed by atoms with Crippen molar-refractivity contribution in [2.45, 2.75) is 6.18 Å². The van der Waals surface area contributed by atoms with Gasteiger partial charge in [0.25, 0.3) is 5.69 Å². The molecule has 0 unspecified atom stereocenters. The lowest BCUT2D eigenvalue weighted by Gasteiger charge is -2.04. The van der Waals surface area contributed by atoms with Gasteiger partial charge in [0.15, 0.2) is 5.58 Å². The molecule has 1 aromatic heterocycles. The summed E-state index contributed by atoms with van der Waals surface area (Å²) in [5.41, 5.74) is -0.459. The molecule has 0 aliphatic heterocycles. The van der Waals surface area contributed by atoms with Gasteiger partial charge in [0.1, 0.15) is 5.52 Å². The van der Waals surface area contributed by atoms with E-state index in [1.165, 1.54) is 30.3 Å². The van der Waals surface area contributed by atoms with Crippen molar-refractivity contribution in [1.82, 2.24) is 4.98 Å². The second kappa shape index (κ2) is 4.83. The van der Waals surface area contributed by atoms with Crippen LogP contribution < -0.4 is 0 Å². The Morgan fingerprint density at radius 2 is 1.91 bits per heavy atom. The lowest BCUT2D eigenvalue weighted by Crippen LogP contribution is -2.03. The zero-order valence-corrected chi connectivity index (χ0v) is 10.8. The first kappa shape index (κ1) is 14.1. The Labute approximate surface area is 121 Å². The molecule has 0 spiro atoms. The molecule has 0 atom stereocenters. The predicted molar refractivity (Wildman–Crippen MR) is 71.1 cm³/mol. The Bertz CT molecular complexity index is 871. The molecule has 3 rings (SSSR count). The van der Waals surface area contributed by atoms with Gasteiger partial charge < -0.3 is 4.42 Å². The number of alkyl halides is 3. The molecule has 5 nitrogen and oxygen atoms in total. The van der Waals surface area contributed by atoms with E-state index < -0.39 is 16.7 Å². The normalized spacial score (nSPS) is 11.8. The van der Waals surface area contributed by atoms with E-state index in [-0.39, 0.29) is 22.7 Å². The molecule has 112 valence electrons. The molecule has 3 aromatic rings. The van der Waals surface area contributed by atoms with Crippen molar-refractivity contribution < 1.29 is 22.5 Å². The largest absolute Gasteiger partial charge is 0.436 e. The number of non-ortho nitro benzene ring substituents is 1. The van der Waals surface area contributed by atoms with Crippen molar-refractivity contribution in [3.8, 4) is 11.5 Å². The molecule has 0 saturated carbocycles. The summed E-state index contributed by atoms with van der Waals surface area (Å²) >= 11 is 0. The summed E-state index contributed by atoms with van der Waals surface area (Å²) in [5.74, 6) is 0.0259. The van der Waals surface area contributed by atoms with Crippen molar-refractivity contribution in [3.63, 3.8) is 0 Å². The Hall–Kier alpha value is -2.90. The van der Waals surface area contributed by atoms with Gasteiger partial charge in [-0.05, 0) is 24.3 Å². The molecular weight excluding hydrogens is 301 g/mol. The van der Waals surface area contributed by atoms with Crippen LogP contribution in [-0.2, 0) is 6.18 Å². The van der Waals surface area contributed by atoms with Gasteiger partial charge in [0, 0.05) is 17.7 Å². The van der Waals surface area contributed by atoms with E-state index in [0.29, 0.717) is 5.56 Å². The molecule has 1 heterocycles. The van der Waals surface area contributed by atoms with E-state index in [0.717, 1.165) is 12.1 Å². The van der Waals surface area contributed by atoms with Crippen LogP contribution in [0.1, 0.15) is 5.56 Å². The number of hydrogen-bond acceptors (Lipinski definition) is 4. The monoisotopic (exact) mass is 308 g/mol. The standard InChI is InChI=1S/C14H7F3N2O3/c15-14(16,17)9-4-5-12-11(7-9)18-13(22-12)8-2-1-3-10(6-8)19(20)21/h1-7H. The molecule has 0 amide bonds. The van der Waals surface area contributed by atoms with E-state index >= 15 is 0 Å². The predicted octanol–water partition coefficient (Wildman–Crippen LogP) is 4.42. The highest BCUT2D eigenvalue weighted by atomic mass is 19.4. The molecule has 0 aliphatic rings. The van der Waals surface area contributed by atoms with Gasteiger partial charge in [-0.3, -0.25) is 10.1 Å². The Morgan fingerprint density at radius 1 is 1.14 bits per heavy atom. The number of aromatic nitrogens is 1. The summed E-state index contributed by atoms with van der Waals surface area (Å²) in [5, 5.41) is 10.7. The van der Waals surface area contributed by atoms with Crippen molar-refractivity contribution in [1.29, 1.82) is 0 Å². The molecule has 2 aromatic carbocycles. The number of benzene rings is 2. The summed E-state index contributed by atoms with van der Waals surface area (Å²) in [6, 6.07) is 8.46. The SMILES string of the molecule is O=[N+]([O-])c1cccc(-c2nc3cc(C(F)(F)F)ccc3o2)c1. The minimum Gasteiger partial charge on any atom is -0.436 e. The van der Waals surface area contributed by atoms with Crippen LogP contribution in [0.15, 0.2) is 46.9 Å². The number of fused-ring (bicyclic) bond motifs is 1. The molecule has 0 saturated heterocycles. The van der Waals surface area contributed by atoms with Crippen LogP contribution in [0.25, 0.3) is 22.6 Å². The first-order valence-corrected chi connectivity index (χ1v) is 6.07. The van der Waals surface area contributed by atoms with Gasteiger partial charge in [-0.2, -0.15) is 13.2 Å². The minimum atomic E-state index is -4.47. The molecule has 0 fully saturated rings. The van der Waals surface area contributed by atoms with Crippen LogP contribution in [0.3, 0.4) is 0 Å². The third-order valence-corrected chi connectivity index (χ3v) is 3.02. The van der Waals surface area contributed by atoms with Crippen LogP contribution in [0.2, 0.25) is 0 Å². The zero-order chi connectivity index (χ0) is 15.9. The van der Waals surface area contributed by atoms with Crippen LogP contribution in [0, 0.1) is 10.1 Å². The van der Waals surface area contributed by atoms with E-state index in [1.54, 1.807) is 0 Å². The molecule has 0 aliphatic carbocycles. The van der Waals surface area contributed by atoms with E-state index in [9.17, 15) is 23.3 Å². The Morgan fingerprint density at radius 3 is 2.59 bits per heavy atom. The number of rotatable bonds is 2. The molecular formula is C14H7F3N2O3. The number of oxazole rings is 1. The summed E-state index contributed by atoms with van der Waals surface area (Å²) in [4.78, 5) is 14.1. The lowest BCUT2D eigenvalue weighted by atomic mass is 10.2. The summed E-state index contributed by atoms with van der Waals surface area (Å²) < 4.78 is 43.3. The Balaban J connectivity index is 2.09. The first-order valence-electron chi connectivity index (χ1n) is 6.07. The number of nitro groups is 1. The Kier molecular flexibility index (Phi) is 3.09. The third-order valence-electron chi connectivity index (χ3n) is 3.02. The second-order valence-corrected chi connectivity index (χ2v) is 4.51. The summed E-state index contributed by atoms with van der Waals surface area (Å²) in [6.45, 7) is 0. The fourth-order valence-corrected chi connectivity index (χ4v) is 1.98. The maximum atomic E-state index is 12.7. The van der Waals surface area contributed by atoms with Gasteiger partial charge in [0.05, 0.1) is 10.5 Å². The molecule has 0 bridgehead atoms. The summed E-state index contributed by atoms with van der Waals surface area (Å²) in [7, 11) is 0. The molecule has 0 radical (unpaired) electrons. The maximum Gasteiger partial charge on any atom is 0.416 e. The summed E-state index contributed by atoms with van der Waals surface area (Å²) in [6.07, 6.45) is -4.47. The minimum absolute atomic E-state index is 0.0259. The van der Waals surface area contributed by atoms with E-state index in [4.69, 9.17) is 4.42 Å². The second-order valence-electron chi connectivity index (χ2n) is 4.51. The highest BCUT2D eigenvalue weighted by Crippen LogP contribution is 2.33.